The number of ether oxygens (including phenoxy) is 1. The number of nitrogens with zero attached hydrogens (tertiary/aromatic N) is 3. The summed E-state index contributed by atoms with van der Waals surface area (Å²) >= 11 is 6.45. The first-order chi connectivity index (χ1) is 14.8. The van der Waals surface area contributed by atoms with Crippen LogP contribution in [-0.2, 0) is 27.3 Å². The molecule has 9 heteroatoms. The smallest absolute Gasteiger partial charge is 0.309 e. The quantitative estimate of drug-likeness (QED) is 0.686. The number of hydrogen-bond acceptors (Lipinski definition) is 6. The molecule has 2 N–H and O–H groups in total. The van der Waals surface area contributed by atoms with Gasteiger partial charge in [-0.15, -0.1) is 0 Å². The number of halogens is 1. The van der Waals surface area contributed by atoms with Crippen molar-refractivity contribution in [3.05, 3.63) is 29.2 Å². The fraction of sp³-hybridized carbons (Fsp3) is 0.545. The Morgan fingerprint density at radius 3 is 2.90 bits per heavy atom. The lowest BCUT2D eigenvalue weighted by molar-refractivity contribution is -0.146. The van der Waals surface area contributed by atoms with Crippen molar-refractivity contribution in [2.24, 2.45) is 17.3 Å². The van der Waals surface area contributed by atoms with Crippen molar-refractivity contribution >= 4 is 29.3 Å². The van der Waals surface area contributed by atoms with Gasteiger partial charge in [0.25, 0.3) is 0 Å². The Morgan fingerprint density at radius 1 is 1.32 bits per heavy atom. The van der Waals surface area contributed by atoms with Crippen LogP contribution in [0.1, 0.15) is 32.4 Å². The average Bonchev–Trinajstić information content (AvgIpc) is 3.24. The number of carbonyl (C=O) groups excluding carboxylic acids is 2. The Labute approximate surface area is 186 Å². The highest BCUT2D eigenvalue weighted by molar-refractivity contribution is 6.33. The first-order valence-electron chi connectivity index (χ1n) is 10.5. The Balaban J connectivity index is 1.45. The molecule has 2 atom stereocenters. The second-order valence-corrected chi connectivity index (χ2v) is 9.69. The highest BCUT2D eigenvalue weighted by Gasteiger charge is 2.32. The van der Waals surface area contributed by atoms with E-state index in [1.807, 2.05) is 10.9 Å². The molecular weight excluding hydrogens is 418 g/mol. The molecule has 2 unspecified atom stereocenters. The van der Waals surface area contributed by atoms with E-state index in [0.29, 0.717) is 36.8 Å². The molecule has 0 saturated carbocycles. The molecule has 166 valence electrons. The molecule has 0 bridgehead atoms. The van der Waals surface area contributed by atoms with Gasteiger partial charge in [-0.3, -0.25) is 14.3 Å². The number of fused-ring (bicyclic) bond motifs is 1. The van der Waals surface area contributed by atoms with Crippen molar-refractivity contribution in [3.63, 3.8) is 0 Å². The van der Waals surface area contributed by atoms with Crippen LogP contribution in [-0.4, -0.2) is 46.8 Å². The lowest BCUT2D eigenvalue weighted by atomic mass is 9.88. The van der Waals surface area contributed by atoms with E-state index >= 15 is 0 Å². The van der Waals surface area contributed by atoms with Crippen LogP contribution in [0.5, 0.6) is 0 Å². The van der Waals surface area contributed by atoms with E-state index < -0.39 is 0 Å². The van der Waals surface area contributed by atoms with Crippen LogP contribution in [0.4, 0.5) is 5.82 Å². The summed E-state index contributed by atoms with van der Waals surface area (Å²) in [6, 6.07) is 1.81. The summed E-state index contributed by atoms with van der Waals surface area (Å²) in [5, 5.41) is 11.1. The minimum absolute atomic E-state index is 0.0609. The summed E-state index contributed by atoms with van der Waals surface area (Å²) in [6.45, 7) is 6.58. The van der Waals surface area contributed by atoms with Crippen molar-refractivity contribution in [1.29, 1.82) is 0 Å². The fourth-order valence-corrected chi connectivity index (χ4v) is 4.78. The first-order valence-corrected chi connectivity index (χ1v) is 10.9. The van der Waals surface area contributed by atoms with Crippen LogP contribution in [0.15, 0.2) is 18.5 Å². The van der Waals surface area contributed by atoms with Crippen molar-refractivity contribution in [2.75, 3.05) is 25.5 Å². The molecule has 1 saturated heterocycles. The van der Waals surface area contributed by atoms with Gasteiger partial charge >= 0.3 is 5.97 Å². The summed E-state index contributed by atoms with van der Waals surface area (Å²) in [6.07, 6.45) is 5.24. The summed E-state index contributed by atoms with van der Waals surface area (Å²) in [7, 11) is 1.39. The third kappa shape index (κ3) is 4.75. The average molecular weight is 446 g/mol. The van der Waals surface area contributed by atoms with Gasteiger partial charge in [0.2, 0.25) is 5.91 Å². The Bertz CT molecular complexity index is 1000. The molecular formula is C22H28ClN5O3. The number of methoxy groups -OCH3 is 1. The highest BCUT2D eigenvalue weighted by Crippen LogP contribution is 2.39. The Hall–Kier alpha value is -2.45. The zero-order chi connectivity index (χ0) is 22.2. The van der Waals surface area contributed by atoms with Crippen LogP contribution >= 0.6 is 11.6 Å². The number of pyridine rings is 1. The maximum Gasteiger partial charge on any atom is 0.309 e. The molecule has 1 amide bonds. The van der Waals surface area contributed by atoms with Gasteiger partial charge in [-0.25, -0.2) is 4.98 Å². The number of rotatable bonds is 5. The van der Waals surface area contributed by atoms with E-state index in [0.717, 1.165) is 29.8 Å². The molecule has 2 aliphatic rings. The van der Waals surface area contributed by atoms with Gasteiger partial charge in [-0.1, -0.05) is 25.4 Å². The topological polar surface area (TPSA) is 98.1 Å². The van der Waals surface area contributed by atoms with Crippen molar-refractivity contribution in [3.8, 4) is 11.1 Å². The van der Waals surface area contributed by atoms with Crippen molar-refractivity contribution in [2.45, 2.75) is 39.7 Å². The summed E-state index contributed by atoms with van der Waals surface area (Å²) in [5.74, 6) is -0.0795. The van der Waals surface area contributed by atoms with E-state index in [-0.39, 0.29) is 29.1 Å². The summed E-state index contributed by atoms with van der Waals surface area (Å²) in [4.78, 5) is 28.7. The molecule has 4 rings (SSSR count). The molecule has 31 heavy (non-hydrogen) atoms. The molecule has 2 aromatic heterocycles. The molecule has 2 aromatic rings. The summed E-state index contributed by atoms with van der Waals surface area (Å²) < 4.78 is 6.86. The van der Waals surface area contributed by atoms with E-state index in [1.165, 1.54) is 7.11 Å². The highest BCUT2D eigenvalue weighted by atomic mass is 35.5. The molecule has 8 nitrogen and oxygen atoms in total. The number of hydrogen-bond donors (Lipinski definition) is 2. The normalized spacial score (nSPS) is 22.1. The van der Waals surface area contributed by atoms with E-state index in [4.69, 9.17) is 16.3 Å². The van der Waals surface area contributed by atoms with Crippen molar-refractivity contribution in [1.82, 2.24) is 20.1 Å². The minimum atomic E-state index is -0.237. The van der Waals surface area contributed by atoms with Gasteiger partial charge in [0.1, 0.15) is 5.82 Å². The molecule has 1 fully saturated rings. The van der Waals surface area contributed by atoms with Gasteiger partial charge in [0, 0.05) is 42.5 Å². The van der Waals surface area contributed by atoms with Crippen LogP contribution < -0.4 is 10.6 Å². The molecule has 0 aromatic carbocycles. The van der Waals surface area contributed by atoms with Gasteiger partial charge in [0.15, 0.2) is 0 Å². The van der Waals surface area contributed by atoms with Gasteiger partial charge < -0.3 is 15.4 Å². The van der Waals surface area contributed by atoms with E-state index in [9.17, 15) is 9.59 Å². The second kappa shape index (κ2) is 8.59. The number of esters is 1. The third-order valence-corrected chi connectivity index (χ3v) is 6.34. The number of nitrogens with one attached hydrogen (secondary N) is 2. The second-order valence-electron chi connectivity index (χ2n) is 9.29. The number of anilines is 1. The lowest BCUT2D eigenvalue weighted by Gasteiger charge is -2.27. The number of aromatic nitrogens is 3. The fourth-order valence-electron chi connectivity index (χ4n) is 4.57. The molecule has 2 aliphatic heterocycles. The van der Waals surface area contributed by atoms with Gasteiger partial charge in [0.05, 0.1) is 24.2 Å². The van der Waals surface area contributed by atoms with E-state index in [1.54, 1.807) is 12.3 Å². The maximum absolute atomic E-state index is 12.6. The van der Waals surface area contributed by atoms with Gasteiger partial charge in [-0.05, 0) is 36.8 Å². The van der Waals surface area contributed by atoms with Crippen molar-refractivity contribution < 1.29 is 14.3 Å². The first kappa shape index (κ1) is 21.8. The summed E-state index contributed by atoms with van der Waals surface area (Å²) in [5.41, 5.74) is 3.10. The molecule has 0 aliphatic carbocycles. The number of carbonyl (C=O) groups is 2. The zero-order valence-corrected chi connectivity index (χ0v) is 18.8. The standard InChI is InChI=1S/C22H28ClN5O3/c1-22(2)7-18-16(10-26-28(18)12-22)15-6-19(25-11-17(15)23)27-20(29)5-13-4-14(9-24-8-13)21(30)31-3/h6,10-11,13-14,24H,4-5,7-9,12H2,1-3H3,(H,25,27,29). The number of amides is 1. The SMILES string of the molecule is COC(=O)C1CNCC(CC(=O)Nc2cc(-c3cnn4c3CC(C)(C)C4)c(Cl)cn2)C1. The van der Waals surface area contributed by atoms with Crippen LogP contribution in [0, 0.1) is 17.3 Å². The predicted molar refractivity (Wildman–Crippen MR) is 118 cm³/mol. The molecule has 4 heterocycles. The predicted octanol–water partition coefficient (Wildman–Crippen LogP) is 2.91. The van der Waals surface area contributed by atoms with E-state index in [2.05, 4.69) is 34.6 Å². The largest absolute Gasteiger partial charge is 0.469 e. The zero-order valence-electron chi connectivity index (χ0n) is 18.1. The van der Waals surface area contributed by atoms with Crippen LogP contribution in [0.3, 0.4) is 0 Å². The van der Waals surface area contributed by atoms with Crippen LogP contribution in [0.2, 0.25) is 5.02 Å². The van der Waals surface area contributed by atoms with Crippen LogP contribution in [0.25, 0.3) is 11.1 Å². The third-order valence-electron chi connectivity index (χ3n) is 6.04. The monoisotopic (exact) mass is 445 g/mol. The number of piperidine rings is 1. The lowest BCUT2D eigenvalue weighted by Crippen LogP contribution is -2.41. The minimum Gasteiger partial charge on any atom is -0.469 e. The van der Waals surface area contributed by atoms with Gasteiger partial charge in [-0.2, -0.15) is 5.10 Å². The Morgan fingerprint density at radius 2 is 2.13 bits per heavy atom. The maximum atomic E-state index is 12.6. The Kier molecular flexibility index (Phi) is 6.03. The molecule has 0 spiro atoms. The molecule has 0 radical (unpaired) electrons.